The van der Waals surface area contributed by atoms with E-state index in [9.17, 15) is 9.59 Å². The van der Waals surface area contributed by atoms with Crippen LogP contribution in [0.1, 0.15) is 29.6 Å². The molecular formula is C16H20N4O4. The van der Waals surface area contributed by atoms with Gasteiger partial charge in [-0.1, -0.05) is 5.21 Å². The van der Waals surface area contributed by atoms with Crippen molar-refractivity contribution in [1.29, 1.82) is 0 Å². The van der Waals surface area contributed by atoms with Crippen molar-refractivity contribution in [2.75, 3.05) is 19.7 Å². The Bertz CT molecular complexity index is 752. The second-order valence-electron chi connectivity index (χ2n) is 5.95. The van der Waals surface area contributed by atoms with Crippen molar-refractivity contribution in [3.8, 4) is 0 Å². The topological polar surface area (TPSA) is 97.6 Å². The standard InChI is InChI=1S/C16H20N4O4/c1-19-14-5-4-11(9-13(14)17-18-19)16(23)20(7-6-15(21)22)10-12-3-2-8-24-12/h4-5,9,12H,2-3,6-8,10H2,1H3,(H,21,22). The van der Waals surface area contributed by atoms with Gasteiger partial charge in [0.2, 0.25) is 0 Å². The van der Waals surface area contributed by atoms with E-state index >= 15 is 0 Å². The van der Waals surface area contributed by atoms with Crippen molar-refractivity contribution < 1.29 is 19.4 Å². The number of fused-ring (bicyclic) bond motifs is 1. The first kappa shape index (κ1) is 16.4. The minimum atomic E-state index is -0.926. The maximum atomic E-state index is 12.8. The van der Waals surface area contributed by atoms with E-state index in [4.69, 9.17) is 9.84 Å². The Morgan fingerprint density at radius 1 is 1.46 bits per heavy atom. The van der Waals surface area contributed by atoms with Gasteiger partial charge in [0.05, 0.1) is 18.0 Å². The number of carbonyl (C=O) groups is 2. The van der Waals surface area contributed by atoms with E-state index in [1.165, 1.54) is 0 Å². The number of rotatable bonds is 6. The van der Waals surface area contributed by atoms with Crippen LogP contribution in [0.3, 0.4) is 0 Å². The highest BCUT2D eigenvalue weighted by molar-refractivity contribution is 5.97. The molecule has 1 aromatic heterocycles. The minimum Gasteiger partial charge on any atom is -0.481 e. The number of carbonyl (C=O) groups excluding carboxylic acids is 1. The number of carboxylic acid groups (broad SMARTS) is 1. The molecule has 1 aliphatic heterocycles. The van der Waals surface area contributed by atoms with Gasteiger partial charge in [0.1, 0.15) is 5.52 Å². The Morgan fingerprint density at radius 2 is 2.29 bits per heavy atom. The molecule has 24 heavy (non-hydrogen) atoms. The van der Waals surface area contributed by atoms with Gasteiger partial charge in [-0.25, -0.2) is 4.68 Å². The zero-order valence-corrected chi connectivity index (χ0v) is 13.5. The molecule has 0 radical (unpaired) electrons. The van der Waals surface area contributed by atoms with E-state index in [1.807, 2.05) is 0 Å². The normalized spacial score (nSPS) is 17.3. The summed E-state index contributed by atoms with van der Waals surface area (Å²) in [6, 6.07) is 5.20. The molecule has 1 amide bonds. The van der Waals surface area contributed by atoms with Crippen LogP contribution in [-0.4, -0.2) is 62.7 Å². The number of aromatic nitrogens is 3. The number of nitrogens with zero attached hydrogens (tertiary/aromatic N) is 4. The zero-order chi connectivity index (χ0) is 17.1. The summed E-state index contributed by atoms with van der Waals surface area (Å²) in [5.41, 5.74) is 1.95. The van der Waals surface area contributed by atoms with Crippen LogP contribution in [-0.2, 0) is 16.6 Å². The molecule has 8 nitrogen and oxygen atoms in total. The minimum absolute atomic E-state index is 0.0250. The van der Waals surface area contributed by atoms with Gasteiger partial charge in [0, 0.05) is 32.3 Å². The van der Waals surface area contributed by atoms with Crippen LogP contribution in [0.4, 0.5) is 0 Å². The summed E-state index contributed by atoms with van der Waals surface area (Å²) in [4.78, 5) is 25.3. The predicted molar refractivity (Wildman–Crippen MR) is 85.6 cm³/mol. The maximum absolute atomic E-state index is 12.8. The molecular weight excluding hydrogens is 312 g/mol. The molecule has 0 saturated carbocycles. The van der Waals surface area contributed by atoms with Gasteiger partial charge in [0.15, 0.2) is 0 Å². The summed E-state index contributed by atoms with van der Waals surface area (Å²) >= 11 is 0. The first-order valence-corrected chi connectivity index (χ1v) is 7.96. The average molecular weight is 332 g/mol. The molecule has 2 aromatic rings. The van der Waals surface area contributed by atoms with Gasteiger partial charge in [-0.2, -0.15) is 0 Å². The summed E-state index contributed by atoms with van der Waals surface area (Å²) in [6.07, 6.45) is 1.74. The fraction of sp³-hybridized carbons (Fsp3) is 0.500. The van der Waals surface area contributed by atoms with Gasteiger partial charge >= 0.3 is 5.97 Å². The molecule has 3 rings (SSSR count). The highest BCUT2D eigenvalue weighted by atomic mass is 16.5. The zero-order valence-electron chi connectivity index (χ0n) is 13.5. The lowest BCUT2D eigenvalue weighted by atomic mass is 10.1. The first-order valence-electron chi connectivity index (χ1n) is 7.96. The van der Waals surface area contributed by atoms with E-state index in [-0.39, 0.29) is 25.0 Å². The van der Waals surface area contributed by atoms with Crippen LogP contribution in [0, 0.1) is 0 Å². The molecule has 0 spiro atoms. The average Bonchev–Trinajstić information content (AvgIpc) is 3.20. The number of carboxylic acids is 1. The monoisotopic (exact) mass is 332 g/mol. The SMILES string of the molecule is Cn1nnc2cc(C(=O)N(CCC(=O)O)CC3CCCO3)ccc21. The molecule has 128 valence electrons. The molecule has 2 heterocycles. The Morgan fingerprint density at radius 3 is 3.00 bits per heavy atom. The fourth-order valence-electron chi connectivity index (χ4n) is 2.90. The first-order chi connectivity index (χ1) is 11.5. The molecule has 1 N–H and O–H groups in total. The molecule has 0 aliphatic carbocycles. The van der Waals surface area contributed by atoms with Gasteiger partial charge in [-0.15, -0.1) is 5.10 Å². The van der Waals surface area contributed by atoms with E-state index in [1.54, 1.807) is 34.8 Å². The molecule has 8 heteroatoms. The molecule has 1 aromatic carbocycles. The van der Waals surface area contributed by atoms with Crippen molar-refractivity contribution >= 4 is 22.9 Å². The molecule has 1 saturated heterocycles. The fourth-order valence-corrected chi connectivity index (χ4v) is 2.90. The largest absolute Gasteiger partial charge is 0.481 e. The van der Waals surface area contributed by atoms with E-state index < -0.39 is 5.97 Å². The summed E-state index contributed by atoms with van der Waals surface area (Å²) in [5.74, 6) is -1.14. The Hall–Kier alpha value is -2.48. The number of ether oxygens (including phenoxy) is 1. The number of benzene rings is 1. The van der Waals surface area contributed by atoms with Crippen LogP contribution in [0.25, 0.3) is 11.0 Å². The number of aryl methyl sites for hydroxylation is 1. The lowest BCUT2D eigenvalue weighted by molar-refractivity contribution is -0.137. The van der Waals surface area contributed by atoms with Crippen LogP contribution >= 0.6 is 0 Å². The Labute approximate surface area is 139 Å². The van der Waals surface area contributed by atoms with Gasteiger partial charge in [-0.3, -0.25) is 9.59 Å². The summed E-state index contributed by atoms with van der Waals surface area (Å²) in [5, 5.41) is 16.9. The van der Waals surface area contributed by atoms with Gasteiger partial charge in [-0.05, 0) is 31.0 Å². The number of hydrogen-bond acceptors (Lipinski definition) is 5. The van der Waals surface area contributed by atoms with Gasteiger partial charge in [0.25, 0.3) is 5.91 Å². The van der Waals surface area contributed by atoms with Crippen molar-refractivity contribution in [2.24, 2.45) is 7.05 Å². The van der Waals surface area contributed by atoms with E-state index in [0.717, 1.165) is 18.4 Å². The van der Waals surface area contributed by atoms with E-state index in [2.05, 4.69) is 10.3 Å². The third kappa shape index (κ3) is 3.53. The maximum Gasteiger partial charge on any atom is 0.305 e. The number of amides is 1. The van der Waals surface area contributed by atoms with Crippen LogP contribution in [0.5, 0.6) is 0 Å². The second-order valence-corrected chi connectivity index (χ2v) is 5.95. The Balaban J connectivity index is 1.80. The molecule has 1 atom stereocenters. The quantitative estimate of drug-likeness (QED) is 0.849. The van der Waals surface area contributed by atoms with Crippen LogP contribution < -0.4 is 0 Å². The molecule has 1 aliphatic rings. The highest BCUT2D eigenvalue weighted by Gasteiger charge is 2.24. The lowest BCUT2D eigenvalue weighted by Gasteiger charge is -2.25. The van der Waals surface area contributed by atoms with Crippen molar-refractivity contribution in [3.63, 3.8) is 0 Å². The smallest absolute Gasteiger partial charge is 0.305 e. The highest BCUT2D eigenvalue weighted by Crippen LogP contribution is 2.18. The molecule has 1 fully saturated rings. The number of hydrogen-bond donors (Lipinski definition) is 1. The summed E-state index contributed by atoms with van der Waals surface area (Å²) < 4.78 is 7.22. The summed E-state index contributed by atoms with van der Waals surface area (Å²) in [6.45, 7) is 1.26. The summed E-state index contributed by atoms with van der Waals surface area (Å²) in [7, 11) is 1.79. The lowest BCUT2D eigenvalue weighted by Crippen LogP contribution is -2.38. The third-order valence-corrected chi connectivity index (χ3v) is 4.19. The van der Waals surface area contributed by atoms with Crippen LogP contribution in [0.15, 0.2) is 18.2 Å². The van der Waals surface area contributed by atoms with Crippen molar-refractivity contribution in [3.05, 3.63) is 23.8 Å². The van der Waals surface area contributed by atoms with Crippen molar-refractivity contribution in [2.45, 2.75) is 25.4 Å². The van der Waals surface area contributed by atoms with E-state index in [0.29, 0.717) is 24.2 Å². The van der Waals surface area contributed by atoms with Crippen LogP contribution in [0.2, 0.25) is 0 Å². The second kappa shape index (κ2) is 6.96. The molecule has 0 bridgehead atoms. The number of aliphatic carboxylic acids is 1. The van der Waals surface area contributed by atoms with Gasteiger partial charge < -0.3 is 14.7 Å². The Kier molecular flexibility index (Phi) is 4.75. The third-order valence-electron chi connectivity index (χ3n) is 4.19. The molecule has 1 unspecified atom stereocenters. The predicted octanol–water partition coefficient (Wildman–Crippen LogP) is 1.06. The van der Waals surface area contributed by atoms with Crippen molar-refractivity contribution in [1.82, 2.24) is 19.9 Å².